The normalized spacial score (nSPS) is 11.7. The highest BCUT2D eigenvalue weighted by atomic mass is 35.5. The summed E-state index contributed by atoms with van der Waals surface area (Å²) < 4.78 is 11.2. The third-order valence-corrected chi connectivity index (χ3v) is 4.93. The van der Waals surface area contributed by atoms with Crippen LogP contribution < -0.4 is 14.8 Å². The molecule has 0 saturated carbocycles. The number of carbonyl (C=O) groups excluding carboxylic acids is 1. The molecule has 2 aromatic rings. The largest absolute Gasteiger partial charge is 0.490 e. The second-order valence-corrected chi connectivity index (χ2v) is 7.43. The van der Waals surface area contributed by atoms with Crippen molar-refractivity contribution in [1.82, 2.24) is 5.32 Å². The zero-order valence-corrected chi connectivity index (χ0v) is 16.8. The molecule has 0 fully saturated rings. The van der Waals surface area contributed by atoms with Crippen molar-refractivity contribution in [3.05, 3.63) is 53.1 Å². The summed E-state index contributed by atoms with van der Waals surface area (Å²) >= 11 is 7.39. The first-order valence-electron chi connectivity index (χ1n) is 8.62. The zero-order valence-electron chi connectivity index (χ0n) is 15.3. The molecule has 1 amide bonds. The van der Waals surface area contributed by atoms with Gasteiger partial charge in [-0.3, -0.25) is 4.79 Å². The fourth-order valence-electron chi connectivity index (χ4n) is 2.31. The van der Waals surface area contributed by atoms with Crippen LogP contribution in [0.4, 0.5) is 0 Å². The Morgan fingerprint density at radius 2 is 1.73 bits per heavy atom. The van der Waals surface area contributed by atoms with E-state index in [2.05, 4.69) is 5.32 Å². The topological polar surface area (TPSA) is 47.6 Å². The van der Waals surface area contributed by atoms with Crippen LogP contribution in [0.1, 0.15) is 26.3 Å². The summed E-state index contributed by atoms with van der Waals surface area (Å²) in [5.74, 6) is 1.40. The van der Waals surface area contributed by atoms with Gasteiger partial charge in [-0.25, -0.2) is 0 Å². The Morgan fingerprint density at radius 3 is 2.38 bits per heavy atom. The number of carbonyl (C=O) groups is 1. The van der Waals surface area contributed by atoms with Gasteiger partial charge in [0, 0.05) is 16.5 Å². The van der Waals surface area contributed by atoms with Crippen molar-refractivity contribution < 1.29 is 14.3 Å². The molecule has 1 unspecified atom stereocenters. The van der Waals surface area contributed by atoms with E-state index in [-0.39, 0.29) is 11.2 Å². The first-order valence-corrected chi connectivity index (χ1v) is 9.87. The van der Waals surface area contributed by atoms with Crippen LogP contribution in [0.3, 0.4) is 0 Å². The van der Waals surface area contributed by atoms with Crippen molar-refractivity contribution in [3.8, 4) is 11.5 Å². The fraction of sp³-hybridized carbons (Fsp3) is 0.350. The molecule has 0 spiro atoms. The van der Waals surface area contributed by atoms with Gasteiger partial charge in [0.05, 0.1) is 18.5 Å². The van der Waals surface area contributed by atoms with Gasteiger partial charge in [0.2, 0.25) is 5.91 Å². The Hall–Kier alpha value is -1.85. The maximum atomic E-state index is 12.4. The third-order valence-electron chi connectivity index (χ3n) is 3.57. The van der Waals surface area contributed by atoms with Crippen LogP contribution >= 0.6 is 23.4 Å². The molecular weight excluding hydrogens is 370 g/mol. The van der Waals surface area contributed by atoms with Gasteiger partial charge in [0.25, 0.3) is 0 Å². The Bertz CT molecular complexity index is 721. The quantitative estimate of drug-likeness (QED) is 0.613. The molecule has 1 atom stereocenters. The molecule has 0 heterocycles. The van der Waals surface area contributed by atoms with Crippen LogP contribution in [0.25, 0.3) is 0 Å². The second kappa shape index (κ2) is 10.3. The molecule has 2 rings (SSSR count). The van der Waals surface area contributed by atoms with Crippen molar-refractivity contribution in [2.24, 2.45) is 0 Å². The minimum atomic E-state index is -0.203. The van der Waals surface area contributed by atoms with Crippen LogP contribution in [0.5, 0.6) is 11.5 Å². The van der Waals surface area contributed by atoms with Crippen LogP contribution in [-0.2, 0) is 11.3 Å². The maximum absolute atomic E-state index is 12.4. The van der Waals surface area contributed by atoms with E-state index in [0.29, 0.717) is 30.5 Å². The molecule has 140 valence electrons. The van der Waals surface area contributed by atoms with Gasteiger partial charge in [-0.2, -0.15) is 0 Å². The maximum Gasteiger partial charge on any atom is 0.233 e. The molecule has 6 heteroatoms. The van der Waals surface area contributed by atoms with Crippen molar-refractivity contribution in [1.29, 1.82) is 0 Å². The highest BCUT2D eigenvalue weighted by molar-refractivity contribution is 8.00. The lowest BCUT2D eigenvalue weighted by atomic mass is 10.2. The van der Waals surface area contributed by atoms with Crippen LogP contribution in [0.2, 0.25) is 5.02 Å². The van der Waals surface area contributed by atoms with Crippen molar-refractivity contribution >= 4 is 29.3 Å². The molecule has 0 aliphatic heterocycles. The lowest BCUT2D eigenvalue weighted by Gasteiger charge is -2.14. The summed E-state index contributed by atoms with van der Waals surface area (Å²) in [7, 11) is 0. The molecule has 0 aliphatic rings. The van der Waals surface area contributed by atoms with Gasteiger partial charge < -0.3 is 14.8 Å². The Morgan fingerprint density at radius 1 is 1.08 bits per heavy atom. The van der Waals surface area contributed by atoms with E-state index < -0.39 is 0 Å². The van der Waals surface area contributed by atoms with Gasteiger partial charge in [0.15, 0.2) is 11.5 Å². The number of thioether (sulfide) groups is 1. The highest BCUT2D eigenvalue weighted by Crippen LogP contribution is 2.29. The van der Waals surface area contributed by atoms with Crippen molar-refractivity contribution in [2.45, 2.75) is 37.5 Å². The molecule has 0 bridgehead atoms. The van der Waals surface area contributed by atoms with E-state index in [0.717, 1.165) is 16.2 Å². The predicted molar refractivity (Wildman–Crippen MR) is 107 cm³/mol. The molecule has 0 aromatic heterocycles. The fourth-order valence-corrected chi connectivity index (χ4v) is 3.33. The number of hydrogen-bond acceptors (Lipinski definition) is 4. The minimum Gasteiger partial charge on any atom is -0.490 e. The average Bonchev–Trinajstić information content (AvgIpc) is 2.63. The molecule has 0 aliphatic carbocycles. The lowest BCUT2D eigenvalue weighted by Crippen LogP contribution is -2.30. The predicted octanol–water partition coefficient (Wildman–Crippen LogP) is 4.93. The van der Waals surface area contributed by atoms with Gasteiger partial charge in [-0.05, 0) is 62.7 Å². The average molecular weight is 394 g/mol. The minimum absolute atomic E-state index is 0.0169. The Labute approximate surface area is 164 Å². The Kier molecular flexibility index (Phi) is 8.13. The molecule has 2 aromatic carbocycles. The summed E-state index contributed by atoms with van der Waals surface area (Å²) in [5, 5.41) is 3.45. The molecule has 26 heavy (non-hydrogen) atoms. The first kappa shape index (κ1) is 20.5. The van der Waals surface area contributed by atoms with Crippen molar-refractivity contribution in [3.63, 3.8) is 0 Å². The SMILES string of the molecule is CCOc1ccc(CNC(=O)C(C)Sc2ccc(Cl)cc2)cc1OCC. The summed E-state index contributed by atoms with van der Waals surface area (Å²) in [5.41, 5.74) is 0.967. The molecule has 0 radical (unpaired) electrons. The summed E-state index contributed by atoms with van der Waals surface area (Å²) in [6, 6.07) is 13.2. The molecular formula is C20H24ClNO3S. The number of amides is 1. The van der Waals surface area contributed by atoms with Gasteiger partial charge in [-0.1, -0.05) is 17.7 Å². The smallest absolute Gasteiger partial charge is 0.233 e. The molecule has 0 saturated heterocycles. The second-order valence-electron chi connectivity index (χ2n) is 5.58. The van der Waals surface area contributed by atoms with E-state index in [4.69, 9.17) is 21.1 Å². The number of rotatable bonds is 9. The van der Waals surface area contributed by atoms with Crippen LogP contribution in [0.15, 0.2) is 47.4 Å². The first-order chi connectivity index (χ1) is 12.5. The van der Waals surface area contributed by atoms with E-state index in [1.807, 2.05) is 63.2 Å². The van der Waals surface area contributed by atoms with Crippen molar-refractivity contribution in [2.75, 3.05) is 13.2 Å². The summed E-state index contributed by atoms with van der Waals surface area (Å²) in [4.78, 5) is 13.4. The number of benzene rings is 2. The summed E-state index contributed by atoms with van der Waals surface area (Å²) in [6.45, 7) is 7.33. The summed E-state index contributed by atoms with van der Waals surface area (Å²) in [6.07, 6.45) is 0. The monoisotopic (exact) mass is 393 g/mol. The van der Waals surface area contributed by atoms with Gasteiger partial charge in [0.1, 0.15) is 0 Å². The van der Waals surface area contributed by atoms with Crippen LogP contribution in [0, 0.1) is 0 Å². The van der Waals surface area contributed by atoms with E-state index in [1.54, 1.807) is 0 Å². The Balaban J connectivity index is 1.93. The van der Waals surface area contributed by atoms with Crippen LogP contribution in [-0.4, -0.2) is 24.4 Å². The van der Waals surface area contributed by atoms with E-state index in [1.165, 1.54) is 11.8 Å². The number of ether oxygens (including phenoxy) is 2. The molecule has 1 N–H and O–H groups in total. The third kappa shape index (κ3) is 6.15. The standard InChI is InChI=1S/C20H24ClNO3S/c1-4-24-18-11-6-15(12-19(18)25-5-2)13-22-20(23)14(3)26-17-9-7-16(21)8-10-17/h6-12,14H,4-5,13H2,1-3H3,(H,22,23). The number of hydrogen-bond donors (Lipinski definition) is 1. The molecule has 4 nitrogen and oxygen atoms in total. The zero-order chi connectivity index (χ0) is 18.9. The highest BCUT2D eigenvalue weighted by Gasteiger charge is 2.14. The van der Waals surface area contributed by atoms with Gasteiger partial charge >= 0.3 is 0 Å². The van der Waals surface area contributed by atoms with E-state index in [9.17, 15) is 4.79 Å². The van der Waals surface area contributed by atoms with E-state index >= 15 is 0 Å². The number of nitrogens with one attached hydrogen (secondary N) is 1. The lowest BCUT2D eigenvalue weighted by molar-refractivity contribution is -0.120. The van der Waals surface area contributed by atoms with Gasteiger partial charge in [-0.15, -0.1) is 11.8 Å². The number of halogens is 1.